The summed E-state index contributed by atoms with van der Waals surface area (Å²) in [6.07, 6.45) is 5.52. The van der Waals surface area contributed by atoms with Gasteiger partial charge in [-0.1, -0.05) is 13.3 Å². The summed E-state index contributed by atoms with van der Waals surface area (Å²) in [5, 5.41) is 4.54. The van der Waals surface area contributed by atoms with Gasteiger partial charge in [0.1, 0.15) is 0 Å². The van der Waals surface area contributed by atoms with Crippen LogP contribution < -0.4 is 0 Å². The molecule has 106 valence electrons. The number of thiophene rings is 1. The first-order chi connectivity index (χ1) is 9.29. The maximum Gasteiger partial charge on any atom is 0.0332 e. The Morgan fingerprint density at radius 2 is 2.26 bits per heavy atom. The third-order valence-electron chi connectivity index (χ3n) is 5.08. The molecular formula is C16H26N2S. The fourth-order valence-corrected chi connectivity index (χ4v) is 4.56. The van der Waals surface area contributed by atoms with Gasteiger partial charge >= 0.3 is 0 Å². The van der Waals surface area contributed by atoms with Crippen molar-refractivity contribution in [2.75, 3.05) is 19.6 Å². The van der Waals surface area contributed by atoms with E-state index in [1.165, 1.54) is 50.9 Å². The summed E-state index contributed by atoms with van der Waals surface area (Å²) in [6.45, 7) is 8.64. The molecule has 0 radical (unpaired) electrons. The lowest BCUT2D eigenvalue weighted by Gasteiger charge is -2.50. The number of hydrogen-bond acceptors (Lipinski definition) is 3. The molecule has 2 fully saturated rings. The molecular weight excluding hydrogens is 252 g/mol. The van der Waals surface area contributed by atoms with Gasteiger partial charge in [-0.2, -0.15) is 11.3 Å². The topological polar surface area (TPSA) is 6.48 Å². The van der Waals surface area contributed by atoms with Crippen molar-refractivity contribution < 1.29 is 0 Å². The summed E-state index contributed by atoms with van der Waals surface area (Å²) >= 11 is 1.83. The van der Waals surface area contributed by atoms with Crippen LogP contribution in [0.4, 0.5) is 0 Å². The van der Waals surface area contributed by atoms with Gasteiger partial charge in [0.2, 0.25) is 0 Å². The Balaban J connectivity index is 1.75. The molecule has 2 aliphatic rings. The van der Waals surface area contributed by atoms with Crippen molar-refractivity contribution in [1.29, 1.82) is 0 Å². The molecule has 1 aromatic heterocycles. The molecule has 3 unspecified atom stereocenters. The van der Waals surface area contributed by atoms with E-state index in [1.54, 1.807) is 0 Å². The van der Waals surface area contributed by atoms with Crippen LogP contribution in [0.3, 0.4) is 0 Å². The first kappa shape index (κ1) is 13.6. The molecule has 0 aliphatic carbocycles. The normalized spacial score (nSPS) is 31.1. The first-order valence-electron chi connectivity index (χ1n) is 7.81. The minimum absolute atomic E-state index is 0.584. The lowest BCUT2D eigenvalue weighted by Crippen LogP contribution is -2.59. The van der Waals surface area contributed by atoms with E-state index in [4.69, 9.17) is 0 Å². The predicted octanol–water partition coefficient (Wildman–Crippen LogP) is 3.76. The minimum Gasteiger partial charge on any atom is -0.298 e. The average molecular weight is 278 g/mol. The van der Waals surface area contributed by atoms with Crippen LogP contribution in [0.5, 0.6) is 0 Å². The summed E-state index contributed by atoms with van der Waals surface area (Å²) in [5.74, 6) is 0. The highest BCUT2D eigenvalue weighted by Gasteiger charge is 2.36. The molecule has 2 saturated heterocycles. The minimum atomic E-state index is 0.584. The summed E-state index contributed by atoms with van der Waals surface area (Å²) in [5.41, 5.74) is 1.51. The highest BCUT2D eigenvalue weighted by atomic mass is 32.1. The largest absolute Gasteiger partial charge is 0.298 e. The molecule has 3 atom stereocenters. The second-order valence-corrected chi connectivity index (χ2v) is 6.92. The quantitative estimate of drug-likeness (QED) is 0.830. The van der Waals surface area contributed by atoms with Crippen molar-refractivity contribution in [2.45, 2.75) is 57.7 Å². The molecule has 3 rings (SSSR count). The molecule has 1 aromatic rings. The Kier molecular flexibility index (Phi) is 4.25. The average Bonchev–Trinajstić information content (AvgIpc) is 2.99. The van der Waals surface area contributed by atoms with Gasteiger partial charge in [-0.3, -0.25) is 9.80 Å². The maximum absolute atomic E-state index is 2.77. The standard InChI is InChI=1S/C16H26N2S/c1-3-15-10-17-8-5-4-6-16(17)11-18(15)13(2)14-7-9-19-12-14/h7,9,12-13,15-16H,3-6,8,10-11H2,1-2H3. The lowest BCUT2D eigenvalue weighted by atomic mass is 9.94. The summed E-state index contributed by atoms with van der Waals surface area (Å²) < 4.78 is 0. The molecule has 0 amide bonds. The second-order valence-electron chi connectivity index (χ2n) is 6.14. The van der Waals surface area contributed by atoms with Crippen LogP contribution in [0.1, 0.15) is 51.1 Å². The fourth-order valence-electron chi connectivity index (χ4n) is 3.82. The smallest absolute Gasteiger partial charge is 0.0332 e. The van der Waals surface area contributed by atoms with Gasteiger partial charge < -0.3 is 0 Å². The van der Waals surface area contributed by atoms with Crippen LogP contribution in [0.2, 0.25) is 0 Å². The zero-order valence-corrected chi connectivity index (χ0v) is 13.0. The van der Waals surface area contributed by atoms with E-state index < -0.39 is 0 Å². The number of piperidine rings is 1. The molecule has 0 bridgehead atoms. The van der Waals surface area contributed by atoms with E-state index in [0.29, 0.717) is 6.04 Å². The highest BCUT2D eigenvalue weighted by Crippen LogP contribution is 2.32. The van der Waals surface area contributed by atoms with Crippen LogP contribution in [0, 0.1) is 0 Å². The summed E-state index contributed by atoms with van der Waals surface area (Å²) in [7, 11) is 0. The second kappa shape index (κ2) is 5.94. The molecule has 2 aliphatic heterocycles. The number of hydrogen-bond donors (Lipinski definition) is 0. The van der Waals surface area contributed by atoms with Gasteiger partial charge in [-0.25, -0.2) is 0 Å². The monoisotopic (exact) mass is 278 g/mol. The van der Waals surface area contributed by atoms with Crippen molar-refractivity contribution in [3.8, 4) is 0 Å². The van der Waals surface area contributed by atoms with Gasteiger partial charge in [0, 0.05) is 31.2 Å². The van der Waals surface area contributed by atoms with Gasteiger partial charge in [0.05, 0.1) is 0 Å². The first-order valence-corrected chi connectivity index (χ1v) is 8.75. The molecule has 0 saturated carbocycles. The lowest BCUT2D eigenvalue weighted by molar-refractivity contribution is -0.0123. The van der Waals surface area contributed by atoms with E-state index in [2.05, 4.69) is 40.5 Å². The van der Waals surface area contributed by atoms with E-state index in [0.717, 1.165) is 12.1 Å². The molecule has 2 nitrogen and oxygen atoms in total. The van der Waals surface area contributed by atoms with Gasteiger partial charge in [-0.05, 0) is 55.1 Å². The Labute approximate surface area is 121 Å². The zero-order chi connectivity index (χ0) is 13.2. The van der Waals surface area contributed by atoms with E-state index >= 15 is 0 Å². The van der Waals surface area contributed by atoms with Crippen molar-refractivity contribution in [3.05, 3.63) is 22.4 Å². The van der Waals surface area contributed by atoms with Crippen molar-refractivity contribution in [2.24, 2.45) is 0 Å². The van der Waals surface area contributed by atoms with Crippen LogP contribution in [0.15, 0.2) is 16.8 Å². The third-order valence-corrected chi connectivity index (χ3v) is 5.78. The fraction of sp³-hybridized carbons (Fsp3) is 0.750. The van der Waals surface area contributed by atoms with Gasteiger partial charge in [0.15, 0.2) is 0 Å². The molecule has 3 heteroatoms. The van der Waals surface area contributed by atoms with Crippen molar-refractivity contribution in [3.63, 3.8) is 0 Å². The van der Waals surface area contributed by atoms with Gasteiger partial charge in [-0.15, -0.1) is 0 Å². The summed E-state index contributed by atoms with van der Waals surface area (Å²) in [4.78, 5) is 5.53. The summed E-state index contributed by atoms with van der Waals surface area (Å²) in [6, 6.07) is 4.44. The number of fused-ring (bicyclic) bond motifs is 1. The van der Waals surface area contributed by atoms with E-state index in [1.807, 2.05) is 11.3 Å². The Bertz CT molecular complexity index is 389. The van der Waals surface area contributed by atoms with E-state index in [9.17, 15) is 0 Å². The molecule has 0 aromatic carbocycles. The van der Waals surface area contributed by atoms with Crippen LogP contribution >= 0.6 is 11.3 Å². The molecule has 3 heterocycles. The third kappa shape index (κ3) is 2.74. The Hall–Kier alpha value is -0.380. The number of piperazine rings is 1. The highest BCUT2D eigenvalue weighted by molar-refractivity contribution is 7.07. The number of rotatable bonds is 3. The maximum atomic E-state index is 2.77. The zero-order valence-electron chi connectivity index (χ0n) is 12.2. The SMILES string of the molecule is CCC1CN2CCCCC2CN1C(C)c1ccsc1. The van der Waals surface area contributed by atoms with Gasteiger partial charge in [0.25, 0.3) is 0 Å². The molecule has 19 heavy (non-hydrogen) atoms. The Morgan fingerprint density at radius 1 is 1.37 bits per heavy atom. The predicted molar refractivity (Wildman–Crippen MR) is 82.7 cm³/mol. The molecule has 0 N–H and O–H groups in total. The van der Waals surface area contributed by atoms with Crippen LogP contribution in [0.25, 0.3) is 0 Å². The van der Waals surface area contributed by atoms with Crippen molar-refractivity contribution in [1.82, 2.24) is 9.80 Å². The van der Waals surface area contributed by atoms with Crippen molar-refractivity contribution >= 4 is 11.3 Å². The van der Waals surface area contributed by atoms with Crippen LogP contribution in [-0.2, 0) is 0 Å². The van der Waals surface area contributed by atoms with Crippen LogP contribution in [-0.4, -0.2) is 41.5 Å². The Morgan fingerprint density at radius 3 is 3.00 bits per heavy atom. The molecule has 0 spiro atoms. The number of nitrogens with zero attached hydrogens (tertiary/aromatic N) is 2. The van der Waals surface area contributed by atoms with E-state index in [-0.39, 0.29) is 0 Å².